The fourth-order valence-corrected chi connectivity index (χ4v) is 3.93. The average Bonchev–Trinajstić information content (AvgIpc) is 2.82. The highest BCUT2D eigenvalue weighted by Crippen LogP contribution is 2.41. The van der Waals surface area contributed by atoms with Crippen molar-refractivity contribution < 1.29 is 4.79 Å². The van der Waals surface area contributed by atoms with Gasteiger partial charge >= 0.3 is 0 Å². The van der Waals surface area contributed by atoms with E-state index in [1.165, 1.54) is 0 Å². The lowest BCUT2D eigenvalue weighted by atomic mass is 10.2. The number of rotatable bonds is 3. The Morgan fingerprint density at radius 2 is 1.88 bits per heavy atom. The zero-order valence-corrected chi connectivity index (χ0v) is 15.2. The van der Waals surface area contributed by atoms with E-state index < -0.39 is 0 Å². The number of aliphatic imine (C=N–C) groups is 1. The second-order valence-electron chi connectivity index (χ2n) is 5.69. The number of carbonyl (C=O) groups is 1. The van der Waals surface area contributed by atoms with Gasteiger partial charge in [0.2, 0.25) is 0 Å². The van der Waals surface area contributed by atoms with Gasteiger partial charge in [-0.25, -0.2) is 4.99 Å². The molecular formula is C20H14ClN3OS. The summed E-state index contributed by atoms with van der Waals surface area (Å²) >= 11 is 7.98. The Labute approximate surface area is 160 Å². The Bertz CT molecular complexity index is 1000. The topological polar surface area (TPSA) is 54.4 Å². The summed E-state index contributed by atoms with van der Waals surface area (Å²) in [5.74, 6) is -0.170. The van der Waals surface area contributed by atoms with Crippen molar-refractivity contribution in [1.29, 1.82) is 0 Å². The van der Waals surface area contributed by atoms with E-state index in [2.05, 4.69) is 15.3 Å². The van der Waals surface area contributed by atoms with Crippen LogP contribution in [0.15, 0.2) is 81.6 Å². The van der Waals surface area contributed by atoms with Crippen molar-refractivity contribution in [2.75, 3.05) is 0 Å². The first-order chi connectivity index (χ1) is 12.7. The van der Waals surface area contributed by atoms with Gasteiger partial charge < -0.3 is 5.32 Å². The lowest BCUT2D eigenvalue weighted by molar-refractivity contribution is 0.0950. The van der Waals surface area contributed by atoms with Gasteiger partial charge in [0, 0.05) is 27.1 Å². The molecule has 0 radical (unpaired) electrons. The Balaban J connectivity index is 1.58. The molecule has 0 unspecified atom stereocenters. The van der Waals surface area contributed by atoms with Gasteiger partial charge in [-0.2, -0.15) is 0 Å². The highest BCUT2D eigenvalue weighted by molar-refractivity contribution is 7.99. The molecule has 0 atom stereocenters. The molecule has 0 spiro atoms. The zero-order chi connectivity index (χ0) is 17.9. The van der Waals surface area contributed by atoms with Gasteiger partial charge in [0.05, 0.1) is 17.9 Å². The molecule has 1 amide bonds. The molecule has 6 heteroatoms. The molecule has 1 N–H and O–H groups in total. The van der Waals surface area contributed by atoms with E-state index in [1.54, 1.807) is 30.1 Å². The maximum absolute atomic E-state index is 12.5. The van der Waals surface area contributed by atoms with Gasteiger partial charge in [-0.3, -0.25) is 9.78 Å². The minimum absolute atomic E-state index is 0.170. The number of pyridine rings is 1. The third kappa shape index (κ3) is 3.49. The molecule has 1 aliphatic heterocycles. The van der Waals surface area contributed by atoms with E-state index in [0.29, 0.717) is 23.0 Å². The summed E-state index contributed by atoms with van der Waals surface area (Å²) in [4.78, 5) is 23.2. The summed E-state index contributed by atoms with van der Waals surface area (Å²) in [6.45, 7) is 0.376. The molecule has 0 saturated heterocycles. The Kier molecular flexibility index (Phi) is 4.73. The van der Waals surface area contributed by atoms with Gasteiger partial charge in [0.25, 0.3) is 5.91 Å². The van der Waals surface area contributed by atoms with Crippen LogP contribution in [-0.2, 0) is 6.54 Å². The Morgan fingerprint density at radius 1 is 1.04 bits per heavy atom. The maximum Gasteiger partial charge on any atom is 0.251 e. The molecule has 1 aliphatic rings. The number of nitrogens with zero attached hydrogens (tertiary/aromatic N) is 2. The van der Waals surface area contributed by atoms with Crippen LogP contribution in [0.3, 0.4) is 0 Å². The van der Waals surface area contributed by atoms with Crippen LogP contribution in [0.5, 0.6) is 0 Å². The van der Waals surface area contributed by atoms with Gasteiger partial charge in [0.1, 0.15) is 5.17 Å². The largest absolute Gasteiger partial charge is 0.346 e. The lowest BCUT2D eigenvalue weighted by Gasteiger charge is -2.08. The number of hydrogen-bond acceptors (Lipinski definition) is 4. The fourth-order valence-electron chi connectivity index (χ4n) is 2.62. The standard InChI is InChI=1S/C20H14ClN3OS/c21-19-15-6-1-2-7-17(15)26-18-9-8-13(11-16(18)24-19)20(25)23-12-14-5-3-4-10-22-14/h1-11H,12H2,(H,23,25). The number of fused-ring (bicyclic) bond motifs is 2. The molecule has 0 fully saturated rings. The van der Waals surface area contributed by atoms with Crippen LogP contribution in [0.2, 0.25) is 0 Å². The predicted octanol–water partition coefficient (Wildman–Crippen LogP) is 4.79. The summed E-state index contributed by atoms with van der Waals surface area (Å²) in [6.07, 6.45) is 1.70. The van der Waals surface area contributed by atoms with Gasteiger partial charge in [0.15, 0.2) is 0 Å². The quantitative estimate of drug-likeness (QED) is 0.711. The third-order valence-electron chi connectivity index (χ3n) is 3.93. The molecule has 3 aromatic rings. The van der Waals surface area contributed by atoms with Crippen LogP contribution in [0.1, 0.15) is 21.6 Å². The van der Waals surface area contributed by atoms with E-state index in [9.17, 15) is 4.79 Å². The third-order valence-corrected chi connectivity index (χ3v) is 5.35. The molecular weight excluding hydrogens is 366 g/mol. The number of aromatic nitrogens is 1. The van der Waals surface area contributed by atoms with Crippen molar-refractivity contribution in [3.63, 3.8) is 0 Å². The van der Waals surface area contributed by atoms with E-state index in [0.717, 1.165) is 21.0 Å². The van der Waals surface area contributed by atoms with Crippen LogP contribution < -0.4 is 5.32 Å². The summed E-state index contributed by atoms with van der Waals surface area (Å²) in [5.41, 5.74) is 2.94. The molecule has 0 bridgehead atoms. The smallest absolute Gasteiger partial charge is 0.251 e. The van der Waals surface area contributed by atoms with Crippen molar-refractivity contribution >= 4 is 40.1 Å². The normalized spacial score (nSPS) is 12.4. The molecule has 2 aromatic carbocycles. The van der Waals surface area contributed by atoms with Crippen LogP contribution in [0.25, 0.3) is 0 Å². The summed E-state index contributed by atoms with van der Waals surface area (Å²) in [7, 11) is 0. The summed E-state index contributed by atoms with van der Waals surface area (Å²) in [6, 6.07) is 18.9. The first kappa shape index (κ1) is 16.8. The van der Waals surface area contributed by atoms with Crippen LogP contribution in [-0.4, -0.2) is 16.1 Å². The summed E-state index contributed by atoms with van der Waals surface area (Å²) in [5, 5.41) is 3.30. The minimum Gasteiger partial charge on any atom is -0.346 e. The Hall–Kier alpha value is -2.63. The number of halogens is 1. The number of hydrogen-bond donors (Lipinski definition) is 1. The second kappa shape index (κ2) is 7.32. The van der Waals surface area contributed by atoms with Crippen LogP contribution >= 0.6 is 23.4 Å². The van der Waals surface area contributed by atoms with E-state index >= 15 is 0 Å². The highest BCUT2D eigenvalue weighted by atomic mass is 35.5. The molecule has 2 heterocycles. The van der Waals surface area contributed by atoms with E-state index in [1.807, 2.05) is 48.5 Å². The first-order valence-corrected chi connectivity index (χ1v) is 9.24. The molecule has 1 aromatic heterocycles. The monoisotopic (exact) mass is 379 g/mol. The van der Waals surface area contributed by atoms with Crippen LogP contribution in [0.4, 0.5) is 5.69 Å². The highest BCUT2D eigenvalue weighted by Gasteiger charge is 2.17. The van der Waals surface area contributed by atoms with Crippen molar-refractivity contribution in [2.45, 2.75) is 16.3 Å². The van der Waals surface area contributed by atoms with Gasteiger partial charge in [-0.1, -0.05) is 47.6 Å². The van der Waals surface area contributed by atoms with Crippen molar-refractivity contribution in [3.05, 3.63) is 83.7 Å². The lowest BCUT2D eigenvalue weighted by Crippen LogP contribution is -2.23. The average molecular weight is 380 g/mol. The number of nitrogens with one attached hydrogen (secondary N) is 1. The first-order valence-electron chi connectivity index (χ1n) is 8.04. The molecule has 0 saturated carbocycles. The van der Waals surface area contributed by atoms with Crippen LogP contribution in [0, 0.1) is 0 Å². The number of carbonyl (C=O) groups excluding carboxylic acids is 1. The molecule has 4 rings (SSSR count). The zero-order valence-electron chi connectivity index (χ0n) is 13.6. The van der Waals surface area contributed by atoms with Gasteiger partial charge in [-0.05, 0) is 36.4 Å². The predicted molar refractivity (Wildman–Crippen MR) is 104 cm³/mol. The van der Waals surface area contributed by atoms with Crippen molar-refractivity contribution in [2.24, 2.45) is 4.99 Å². The minimum atomic E-state index is -0.170. The molecule has 4 nitrogen and oxygen atoms in total. The molecule has 0 aliphatic carbocycles. The van der Waals surface area contributed by atoms with Gasteiger partial charge in [-0.15, -0.1) is 0 Å². The van der Waals surface area contributed by atoms with Crippen molar-refractivity contribution in [1.82, 2.24) is 10.3 Å². The maximum atomic E-state index is 12.5. The van der Waals surface area contributed by atoms with E-state index in [-0.39, 0.29) is 5.91 Å². The Morgan fingerprint density at radius 3 is 2.73 bits per heavy atom. The van der Waals surface area contributed by atoms with Crippen molar-refractivity contribution in [3.8, 4) is 0 Å². The second-order valence-corrected chi connectivity index (χ2v) is 7.13. The SMILES string of the molecule is O=C(NCc1ccccn1)c1ccc2c(c1)N=C(Cl)c1ccccc1S2. The number of amides is 1. The molecule has 26 heavy (non-hydrogen) atoms. The number of benzene rings is 2. The van der Waals surface area contributed by atoms with E-state index in [4.69, 9.17) is 11.6 Å². The molecule has 128 valence electrons. The summed E-state index contributed by atoms with van der Waals surface area (Å²) < 4.78 is 0. The fraction of sp³-hybridized carbons (Fsp3) is 0.0500.